The van der Waals surface area contributed by atoms with Crippen LogP contribution in [0.25, 0.3) is 11.0 Å². The molecule has 0 aromatic carbocycles. The van der Waals surface area contributed by atoms with Gasteiger partial charge in [-0.3, -0.25) is 4.98 Å². The maximum atomic E-state index is 5.77. The van der Waals surface area contributed by atoms with E-state index < -0.39 is 0 Å². The van der Waals surface area contributed by atoms with Gasteiger partial charge in [-0.1, -0.05) is 11.6 Å². The fourth-order valence-electron chi connectivity index (χ4n) is 0.948. The Morgan fingerprint density at radius 2 is 2.17 bits per heavy atom. The van der Waals surface area contributed by atoms with Gasteiger partial charge in [-0.25, -0.2) is 4.98 Å². The molecular formula is C7H5ClN4. The van der Waals surface area contributed by atoms with Gasteiger partial charge in [-0.2, -0.15) is 4.98 Å². The molecule has 0 amide bonds. The molecule has 12 heavy (non-hydrogen) atoms. The smallest absolute Gasteiger partial charge is 0.222 e. The number of hydrogen-bond acceptors (Lipinski definition) is 4. The van der Waals surface area contributed by atoms with Gasteiger partial charge >= 0.3 is 0 Å². The van der Waals surface area contributed by atoms with Crippen LogP contribution < -0.4 is 5.73 Å². The van der Waals surface area contributed by atoms with E-state index in [1.807, 2.05) is 0 Å². The molecule has 0 saturated heterocycles. The third-order valence-corrected chi connectivity index (χ3v) is 1.69. The topological polar surface area (TPSA) is 64.7 Å². The molecule has 0 saturated carbocycles. The molecule has 0 aliphatic heterocycles. The summed E-state index contributed by atoms with van der Waals surface area (Å²) in [5.74, 6) is 0.167. The number of halogens is 1. The average molecular weight is 181 g/mol. The summed E-state index contributed by atoms with van der Waals surface area (Å²) in [4.78, 5) is 11.7. The van der Waals surface area contributed by atoms with Gasteiger partial charge in [0.2, 0.25) is 5.95 Å². The van der Waals surface area contributed by atoms with Crippen LogP contribution >= 0.6 is 11.6 Å². The second-order valence-corrected chi connectivity index (χ2v) is 2.60. The SMILES string of the molecule is Nc1nc(Cl)c2ncccc2n1. The highest BCUT2D eigenvalue weighted by Gasteiger charge is 2.02. The highest BCUT2D eigenvalue weighted by molar-refractivity contribution is 6.33. The van der Waals surface area contributed by atoms with Crippen molar-refractivity contribution in [1.29, 1.82) is 0 Å². The maximum absolute atomic E-state index is 5.77. The Hall–Kier alpha value is -1.42. The van der Waals surface area contributed by atoms with E-state index in [0.717, 1.165) is 0 Å². The lowest BCUT2D eigenvalue weighted by Gasteiger charge is -1.97. The molecule has 0 radical (unpaired) electrons. The number of fused-ring (bicyclic) bond motifs is 1. The zero-order chi connectivity index (χ0) is 8.55. The molecular weight excluding hydrogens is 176 g/mol. The van der Waals surface area contributed by atoms with E-state index in [1.165, 1.54) is 0 Å². The van der Waals surface area contributed by atoms with Gasteiger partial charge < -0.3 is 5.73 Å². The number of hydrogen-bond donors (Lipinski definition) is 1. The lowest BCUT2D eigenvalue weighted by atomic mass is 10.4. The van der Waals surface area contributed by atoms with Gasteiger partial charge in [-0.15, -0.1) is 0 Å². The molecule has 2 aromatic rings. The number of nitrogen functional groups attached to an aromatic ring is 1. The quantitative estimate of drug-likeness (QED) is 0.620. The van der Waals surface area contributed by atoms with Crippen LogP contribution in [-0.4, -0.2) is 15.0 Å². The summed E-state index contributed by atoms with van der Waals surface area (Å²) >= 11 is 5.77. The Balaban J connectivity index is 2.89. The zero-order valence-corrected chi connectivity index (χ0v) is 6.78. The third kappa shape index (κ3) is 1.06. The normalized spacial score (nSPS) is 10.4. The molecule has 0 fully saturated rings. The van der Waals surface area contributed by atoms with Crippen molar-refractivity contribution in [3.63, 3.8) is 0 Å². The second-order valence-electron chi connectivity index (χ2n) is 2.24. The Kier molecular flexibility index (Phi) is 1.55. The molecule has 5 heteroatoms. The van der Waals surface area contributed by atoms with E-state index in [2.05, 4.69) is 15.0 Å². The van der Waals surface area contributed by atoms with Crippen LogP contribution in [0.5, 0.6) is 0 Å². The minimum absolute atomic E-state index is 0.167. The van der Waals surface area contributed by atoms with Crippen molar-refractivity contribution in [3.05, 3.63) is 23.5 Å². The Bertz CT molecular complexity index is 429. The van der Waals surface area contributed by atoms with E-state index in [4.69, 9.17) is 17.3 Å². The summed E-state index contributed by atoms with van der Waals surface area (Å²) in [6.45, 7) is 0. The van der Waals surface area contributed by atoms with Crippen LogP contribution in [0.1, 0.15) is 0 Å². The lowest BCUT2D eigenvalue weighted by Crippen LogP contribution is -1.96. The molecule has 2 heterocycles. The van der Waals surface area contributed by atoms with Gasteiger partial charge in [0, 0.05) is 6.20 Å². The highest BCUT2D eigenvalue weighted by Crippen LogP contribution is 2.17. The highest BCUT2D eigenvalue weighted by atomic mass is 35.5. The molecule has 2 N–H and O–H groups in total. The molecule has 0 unspecified atom stereocenters. The summed E-state index contributed by atoms with van der Waals surface area (Å²) in [6.07, 6.45) is 1.63. The summed E-state index contributed by atoms with van der Waals surface area (Å²) < 4.78 is 0. The summed E-state index contributed by atoms with van der Waals surface area (Å²) in [6, 6.07) is 3.55. The monoisotopic (exact) mass is 180 g/mol. The minimum atomic E-state index is 0.167. The van der Waals surface area contributed by atoms with Crippen molar-refractivity contribution >= 4 is 28.6 Å². The largest absolute Gasteiger partial charge is 0.368 e. The van der Waals surface area contributed by atoms with E-state index in [0.29, 0.717) is 11.0 Å². The van der Waals surface area contributed by atoms with Crippen LogP contribution in [0.3, 0.4) is 0 Å². The predicted molar refractivity (Wildman–Crippen MR) is 46.8 cm³/mol. The summed E-state index contributed by atoms with van der Waals surface area (Å²) in [7, 11) is 0. The van der Waals surface area contributed by atoms with Crippen molar-refractivity contribution in [2.24, 2.45) is 0 Å². The molecule has 2 rings (SSSR count). The Morgan fingerprint density at radius 3 is 3.00 bits per heavy atom. The van der Waals surface area contributed by atoms with Gasteiger partial charge in [-0.05, 0) is 12.1 Å². The first-order chi connectivity index (χ1) is 5.77. The lowest BCUT2D eigenvalue weighted by molar-refractivity contribution is 1.21. The van der Waals surface area contributed by atoms with Gasteiger partial charge in [0.05, 0.1) is 5.52 Å². The summed E-state index contributed by atoms with van der Waals surface area (Å²) in [5.41, 5.74) is 6.63. The first-order valence-corrected chi connectivity index (χ1v) is 3.69. The fourth-order valence-corrected chi connectivity index (χ4v) is 1.18. The van der Waals surface area contributed by atoms with E-state index >= 15 is 0 Å². The van der Waals surface area contributed by atoms with Gasteiger partial charge in [0.25, 0.3) is 0 Å². The van der Waals surface area contributed by atoms with Crippen molar-refractivity contribution in [2.45, 2.75) is 0 Å². The van der Waals surface area contributed by atoms with Crippen LogP contribution in [0.15, 0.2) is 18.3 Å². The predicted octanol–water partition coefficient (Wildman–Crippen LogP) is 1.26. The molecule has 2 aromatic heterocycles. The maximum Gasteiger partial charge on any atom is 0.222 e. The Morgan fingerprint density at radius 1 is 1.33 bits per heavy atom. The molecule has 0 bridgehead atoms. The number of anilines is 1. The van der Waals surface area contributed by atoms with Gasteiger partial charge in [0.1, 0.15) is 5.52 Å². The van der Waals surface area contributed by atoms with E-state index in [-0.39, 0.29) is 11.1 Å². The number of pyridine rings is 1. The van der Waals surface area contributed by atoms with Crippen molar-refractivity contribution in [1.82, 2.24) is 15.0 Å². The van der Waals surface area contributed by atoms with Crippen LogP contribution in [0, 0.1) is 0 Å². The molecule has 4 nitrogen and oxygen atoms in total. The number of nitrogens with two attached hydrogens (primary N) is 1. The fraction of sp³-hybridized carbons (Fsp3) is 0. The molecule has 0 aliphatic carbocycles. The van der Waals surface area contributed by atoms with Crippen molar-refractivity contribution in [3.8, 4) is 0 Å². The van der Waals surface area contributed by atoms with Crippen LogP contribution in [0.2, 0.25) is 5.15 Å². The first-order valence-electron chi connectivity index (χ1n) is 3.31. The minimum Gasteiger partial charge on any atom is -0.368 e. The molecule has 0 aliphatic rings. The first kappa shape index (κ1) is 7.24. The average Bonchev–Trinajstić information content (AvgIpc) is 2.04. The Labute approximate surface area is 73.4 Å². The summed E-state index contributed by atoms with van der Waals surface area (Å²) in [5, 5.41) is 0.290. The van der Waals surface area contributed by atoms with E-state index in [9.17, 15) is 0 Å². The van der Waals surface area contributed by atoms with Crippen molar-refractivity contribution in [2.75, 3.05) is 5.73 Å². The number of rotatable bonds is 0. The zero-order valence-electron chi connectivity index (χ0n) is 6.03. The number of nitrogens with zero attached hydrogens (tertiary/aromatic N) is 3. The molecule has 0 spiro atoms. The van der Waals surface area contributed by atoms with Crippen LogP contribution in [-0.2, 0) is 0 Å². The number of aromatic nitrogens is 3. The van der Waals surface area contributed by atoms with E-state index in [1.54, 1.807) is 18.3 Å². The molecule has 60 valence electrons. The second kappa shape index (κ2) is 2.57. The standard InChI is InChI=1S/C7H5ClN4/c8-6-5-4(2-1-3-10-5)11-7(9)12-6/h1-3H,(H2,9,11,12). The third-order valence-electron chi connectivity index (χ3n) is 1.43. The molecule has 0 atom stereocenters. The van der Waals surface area contributed by atoms with Gasteiger partial charge in [0.15, 0.2) is 5.15 Å². The van der Waals surface area contributed by atoms with Crippen LogP contribution in [0.4, 0.5) is 5.95 Å². The van der Waals surface area contributed by atoms with Crippen molar-refractivity contribution < 1.29 is 0 Å².